The summed E-state index contributed by atoms with van der Waals surface area (Å²) in [5.41, 5.74) is -0.637. The van der Waals surface area contributed by atoms with E-state index in [0.717, 1.165) is 12.1 Å². The molecule has 0 unspecified atom stereocenters. The van der Waals surface area contributed by atoms with Crippen molar-refractivity contribution in [2.24, 2.45) is 0 Å². The molecule has 14 heteroatoms. The average Bonchev–Trinajstić information content (AvgIpc) is 2.81. The van der Waals surface area contributed by atoms with E-state index in [1.807, 2.05) is 0 Å². The summed E-state index contributed by atoms with van der Waals surface area (Å²) in [5.74, 6) is -3.06. The largest absolute Gasteiger partial charge is 0.488 e. The molecule has 0 saturated carbocycles. The third-order valence-corrected chi connectivity index (χ3v) is 8.51. The van der Waals surface area contributed by atoms with Crippen molar-refractivity contribution in [2.45, 2.75) is 27.7 Å². The molecule has 36 heavy (non-hydrogen) atoms. The molecule has 2 N–H and O–H groups in total. The minimum Gasteiger partial charge on any atom is -0.488 e. The Morgan fingerprint density at radius 2 is 0.972 bits per heavy atom. The molecule has 0 fully saturated rings. The van der Waals surface area contributed by atoms with Crippen LogP contribution >= 0.6 is 15.2 Å². The quantitative estimate of drug-likeness (QED) is 0.202. The van der Waals surface area contributed by atoms with Gasteiger partial charge in [0.1, 0.15) is 35.3 Å². The van der Waals surface area contributed by atoms with E-state index >= 15 is 0 Å². The molecule has 1 rings (SSSR count). The predicted octanol–water partition coefficient (Wildman–Crippen LogP) is 3.51. The first kappa shape index (κ1) is 31.6. The van der Waals surface area contributed by atoms with Crippen molar-refractivity contribution in [3.05, 3.63) is 36.4 Å². The Balaban J connectivity index is 3.90. The Kier molecular flexibility index (Phi) is 12.6. The van der Waals surface area contributed by atoms with Gasteiger partial charge in [0.25, 0.3) is 0 Å². The zero-order chi connectivity index (χ0) is 27.5. The van der Waals surface area contributed by atoms with Crippen LogP contribution in [-0.2, 0) is 36.8 Å². The smallest absolute Gasteiger partial charge is 0.365 e. The second kappa shape index (κ2) is 14.3. The highest BCUT2D eigenvalue weighted by Crippen LogP contribution is 2.54. The Labute approximate surface area is 209 Å². The van der Waals surface area contributed by atoms with Crippen LogP contribution in [0, 0.1) is 0 Å². The van der Waals surface area contributed by atoms with Crippen LogP contribution in [0.1, 0.15) is 27.7 Å². The molecule has 0 atom stereocenters. The lowest BCUT2D eigenvalue weighted by atomic mass is 10.3. The topological polar surface area (TPSA) is 164 Å². The maximum Gasteiger partial charge on any atom is 0.365 e. The van der Waals surface area contributed by atoms with Gasteiger partial charge in [0.2, 0.25) is 0 Å². The van der Waals surface area contributed by atoms with E-state index in [9.17, 15) is 18.7 Å². The normalized spacial score (nSPS) is 11.7. The number of carbonyl (C=O) groups is 2. The minimum absolute atomic E-state index is 0.0251. The lowest BCUT2D eigenvalue weighted by molar-refractivity contribution is -0.134. The zero-order valence-corrected chi connectivity index (χ0v) is 22.5. The number of hydrogen-bond acceptors (Lipinski definition) is 10. The average molecular weight is 550 g/mol. The van der Waals surface area contributed by atoms with Gasteiger partial charge in [0, 0.05) is 12.1 Å². The zero-order valence-electron chi connectivity index (χ0n) is 20.7. The standard InChI is InChI=1S/C22H32O12P2/c1-7-31-35(27,32-8-2)19-11-18(30-14-16(6)22(25)26)20(36(28,33-9-3)34-10-4)12-17(19)29-13-15(5)21(23)24/h11-12H,5-10,13-14H2,1-4H3,(H,23,24)(H,25,26). The molecule has 0 radical (unpaired) electrons. The maximum absolute atomic E-state index is 13.7. The monoisotopic (exact) mass is 550 g/mol. The first-order valence-corrected chi connectivity index (χ1v) is 14.0. The van der Waals surface area contributed by atoms with Gasteiger partial charge in [-0.15, -0.1) is 0 Å². The Morgan fingerprint density at radius 1 is 0.694 bits per heavy atom. The number of hydrogen-bond donors (Lipinski definition) is 2. The van der Waals surface area contributed by atoms with Gasteiger partial charge in [-0.2, -0.15) is 0 Å². The van der Waals surface area contributed by atoms with Crippen LogP contribution in [0.2, 0.25) is 0 Å². The summed E-state index contributed by atoms with van der Waals surface area (Å²) in [6, 6.07) is 2.31. The van der Waals surface area contributed by atoms with Crippen LogP contribution in [0.4, 0.5) is 0 Å². The van der Waals surface area contributed by atoms with Crippen LogP contribution in [0.15, 0.2) is 36.4 Å². The molecular formula is C22H32O12P2. The van der Waals surface area contributed by atoms with Gasteiger partial charge in [-0.1, -0.05) is 13.2 Å². The van der Waals surface area contributed by atoms with E-state index in [4.69, 9.17) is 37.8 Å². The second-order valence-electron chi connectivity index (χ2n) is 6.85. The summed E-state index contributed by atoms with van der Waals surface area (Å²) in [4.78, 5) is 22.4. The SMILES string of the molecule is C=C(COc1cc(P(=O)(OCC)OCC)c(OCC(=C)C(=O)O)cc1P(=O)(OCC)OCC)C(=O)O. The van der Waals surface area contributed by atoms with E-state index < -0.39 is 40.3 Å². The van der Waals surface area contributed by atoms with Crippen molar-refractivity contribution in [3.63, 3.8) is 0 Å². The van der Waals surface area contributed by atoms with Crippen LogP contribution in [0.25, 0.3) is 0 Å². The van der Waals surface area contributed by atoms with E-state index in [-0.39, 0.29) is 59.7 Å². The lowest BCUT2D eigenvalue weighted by Gasteiger charge is -2.25. The molecule has 0 aromatic heterocycles. The molecule has 0 aliphatic carbocycles. The Hall–Kier alpha value is -2.46. The number of ether oxygens (including phenoxy) is 2. The molecule has 0 spiro atoms. The Morgan fingerprint density at radius 3 is 1.19 bits per heavy atom. The summed E-state index contributed by atoms with van der Waals surface area (Å²) in [6.07, 6.45) is 0. The third-order valence-electron chi connectivity index (χ3n) is 4.24. The van der Waals surface area contributed by atoms with Crippen LogP contribution < -0.4 is 20.1 Å². The molecule has 0 bridgehead atoms. The molecule has 0 amide bonds. The van der Waals surface area contributed by atoms with Gasteiger partial charge in [0.15, 0.2) is 0 Å². The molecule has 0 heterocycles. The molecule has 1 aromatic carbocycles. The molecule has 12 nitrogen and oxygen atoms in total. The predicted molar refractivity (Wildman–Crippen MR) is 132 cm³/mol. The van der Waals surface area contributed by atoms with E-state index in [0.29, 0.717) is 0 Å². The van der Waals surface area contributed by atoms with Gasteiger partial charge in [0.05, 0.1) is 37.6 Å². The highest BCUT2D eigenvalue weighted by molar-refractivity contribution is 7.63. The lowest BCUT2D eigenvalue weighted by Crippen LogP contribution is -2.24. The number of carboxylic acids is 2. The molecule has 0 aliphatic heterocycles. The molecule has 1 aromatic rings. The number of aliphatic carboxylic acids is 2. The van der Waals surface area contributed by atoms with Crippen LogP contribution in [0.5, 0.6) is 11.5 Å². The number of carboxylic acid groups (broad SMARTS) is 2. The van der Waals surface area contributed by atoms with Crippen molar-refractivity contribution in [1.82, 2.24) is 0 Å². The summed E-state index contributed by atoms with van der Waals surface area (Å²) in [5, 5.41) is 17.9. The third kappa shape index (κ3) is 8.30. The van der Waals surface area contributed by atoms with Crippen LogP contribution in [-0.4, -0.2) is 61.8 Å². The van der Waals surface area contributed by atoms with Gasteiger partial charge >= 0.3 is 27.1 Å². The number of rotatable bonds is 18. The number of benzene rings is 1. The maximum atomic E-state index is 13.7. The van der Waals surface area contributed by atoms with Crippen molar-refractivity contribution in [1.29, 1.82) is 0 Å². The summed E-state index contributed by atoms with van der Waals surface area (Å²) < 4.78 is 60.1. The van der Waals surface area contributed by atoms with Gasteiger partial charge in [-0.3, -0.25) is 9.13 Å². The highest BCUT2D eigenvalue weighted by Gasteiger charge is 2.38. The summed E-state index contributed by atoms with van der Waals surface area (Å²) in [7, 11) is -8.16. The fourth-order valence-electron chi connectivity index (χ4n) is 2.68. The van der Waals surface area contributed by atoms with Crippen molar-refractivity contribution in [2.75, 3.05) is 39.6 Å². The fraction of sp³-hybridized carbons (Fsp3) is 0.455. The van der Waals surface area contributed by atoms with Crippen molar-refractivity contribution < 1.29 is 56.5 Å². The summed E-state index contributed by atoms with van der Waals surface area (Å²) in [6.45, 7) is 12.0. The van der Waals surface area contributed by atoms with Crippen LogP contribution in [0.3, 0.4) is 0 Å². The molecule has 0 aliphatic rings. The second-order valence-corrected chi connectivity index (χ2v) is 10.8. The summed E-state index contributed by atoms with van der Waals surface area (Å²) >= 11 is 0. The van der Waals surface area contributed by atoms with E-state index in [1.165, 1.54) is 0 Å². The first-order valence-electron chi connectivity index (χ1n) is 10.9. The van der Waals surface area contributed by atoms with E-state index in [1.54, 1.807) is 27.7 Å². The fourth-order valence-corrected chi connectivity index (χ4v) is 6.10. The van der Waals surface area contributed by atoms with Gasteiger partial charge in [-0.05, 0) is 27.7 Å². The minimum atomic E-state index is -4.08. The van der Waals surface area contributed by atoms with E-state index in [2.05, 4.69) is 13.2 Å². The van der Waals surface area contributed by atoms with Crippen molar-refractivity contribution >= 4 is 37.7 Å². The first-order chi connectivity index (χ1) is 16.9. The van der Waals surface area contributed by atoms with Gasteiger partial charge < -0.3 is 37.8 Å². The molecule has 202 valence electrons. The molecular weight excluding hydrogens is 518 g/mol. The Bertz CT molecular complexity index is 962. The van der Waals surface area contributed by atoms with Gasteiger partial charge in [-0.25, -0.2) is 9.59 Å². The highest BCUT2D eigenvalue weighted by atomic mass is 31.2. The van der Waals surface area contributed by atoms with Crippen molar-refractivity contribution in [3.8, 4) is 11.5 Å². The molecule has 0 saturated heterocycles.